The largest absolute Gasteiger partial charge is 0.508 e. The second-order valence-corrected chi connectivity index (χ2v) is 5.84. The molecule has 0 amide bonds. The Kier molecular flexibility index (Phi) is 5.43. The molecule has 102 valence electrons. The molecule has 0 saturated heterocycles. The highest BCUT2D eigenvalue weighted by atomic mass is 32.2. The zero-order chi connectivity index (χ0) is 13.6. The van der Waals surface area contributed by atoms with Gasteiger partial charge in [0.25, 0.3) is 10.1 Å². The highest BCUT2D eigenvalue weighted by molar-refractivity contribution is 7.85. The Labute approximate surface area is 107 Å². The molecule has 0 fully saturated rings. The summed E-state index contributed by atoms with van der Waals surface area (Å²) in [7, 11) is -3.85. The number of rotatable bonds is 7. The normalized spacial score (nSPS) is 11.6. The molecule has 0 aliphatic heterocycles. The Bertz CT molecular complexity index is 481. The van der Waals surface area contributed by atoms with E-state index in [9.17, 15) is 18.6 Å². The van der Waals surface area contributed by atoms with Crippen molar-refractivity contribution in [1.29, 1.82) is 0 Å². The fourth-order valence-corrected chi connectivity index (χ4v) is 2.29. The van der Waals surface area contributed by atoms with Gasteiger partial charge in [0, 0.05) is 0 Å². The summed E-state index contributed by atoms with van der Waals surface area (Å²) in [5.74, 6) is 0.0737. The summed E-state index contributed by atoms with van der Waals surface area (Å²) in [6.07, 6.45) is 3.38. The van der Waals surface area contributed by atoms with Gasteiger partial charge in [-0.15, -0.1) is 0 Å². The minimum Gasteiger partial charge on any atom is -0.508 e. The minimum atomic E-state index is -3.85. The van der Waals surface area contributed by atoms with Crippen LogP contribution in [0.4, 0.5) is 0 Å². The monoisotopic (exact) mass is 274 g/mol. The van der Waals surface area contributed by atoms with Gasteiger partial charge in [0.05, 0.1) is 5.75 Å². The lowest BCUT2D eigenvalue weighted by atomic mass is 10.1. The van der Waals surface area contributed by atoms with Crippen molar-refractivity contribution in [3.63, 3.8) is 0 Å². The van der Waals surface area contributed by atoms with Gasteiger partial charge in [-0.25, -0.2) is 0 Å². The maximum absolute atomic E-state index is 10.5. The summed E-state index contributed by atoms with van der Waals surface area (Å²) in [5.41, 5.74) is 0.685. The van der Waals surface area contributed by atoms with Crippen LogP contribution in [0.15, 0.2) is 18.2 Å². The molecular formula is C12H18O5S. The summed E-state index contributed by atoms with van der Waals surface area (Å²) in [4.78, 5) is 0. The number of phenols is 2. The number of benzene rings is 1. The number of hydrogen-bond donors (Lipinski definition) is 3. The van der Waals surface area contributed by atoms with Crippen molar-refractivity contribution in [2.45, 2.75) is 32.1 Å². The minimum absolute atomic E-state index is 0.120. The molecule has 0 aliphatic carbocycles. The van der Waals surface area contributed by atoms with Crippen LogP contribution in [0.1, 0.15) is 31.2 Å². The van der Waals surface area contributed by atoms with Crippen LogP contribution < -0.4 is 0 Å². The number of hydrogen-bond acceptors (Lipinski definition) is 4. The van der Waals surface area contributed by atoms with E-state index >= 15 is 0 Å². The zero-order valence-electron chi connectivity index (χ0n) is 10.0. The lowest BCUT2D eigenvalue weighted by Gasteiger charge is -2.05. The summed E-state index contributed by atoms with van der Waals surface area (Å²) in [5, 5.41) is 18.8. The van der Waals surface area contributed by atoms with Gasteiger partial charge in [0.1, 0.15) is 11.5 Å². The Hall–Kier alpha value is -1.27. The van der Waals surface area contributed by atoms with E-state index in [0.717, 1.165) is 12.8 Å². The van der Waals surface area contributed by atoms with Gasteiger partial charge in [-0.3, -0.25) is 4.55 Å². The smallest absolute Gasteiger partial charge is 0.264 e. The molecule has 0 saturated carbocycles. The van der Waals surface area contributed by atoms with Crippen molar-refractivity contribution in [2.24, 2.45) is 0 Å². The van der Waals surface area contributed by atoms with Crippen molar-refractivity contribution in [1.82, 2.24) is 0 Å². The summed E-state index contributed by atoms with van der Waals surface area (Å²) < 4.78 is 29.5. The van der Waals surface area contributed by atoms with Gasteiger partial charge in [-0.1, -0.05) is 12.8 Å². The Morgan fingerprint density at radius 2 is 1.67 bits per heavy atom. The van der Waals surface area contributed by atoms with Gasteiger partial charge in [0.15, 0.2) is 0 Å². The van der Waals surface area contributed by atoms with Gasteiger partial charge in [-0.05, 0) is 43.0 Å². The van der Waals surface area contributed by atoms with Gasteiger partial charge in [0.2, 0.25) is 0 Å². The quantitative estimate of drug-likeness (QED) is 0.402. The van der Waals surface area contributed by atoms with Crippen molar-refractivity contribution in [2.75, 3.05) is 5.75 Å². The molecule has 0 bridgehead atoms. The van der Waals surface area contributed by atoms with Crippen LogP contribution in [0.2, 0.25) is 0 Å². The molecule has 0 spiro atoms. The average Bonchev–Trinajstić information content (AvgIpc) is 2.26. The van der Waals surface area contributed by atoms with E-state index < -0.39 is 10.1 Å². The van der Waals surface area contributed by atoms with E-state index in [1.165, 1.54) is 18.2 Å². The molecule has 3 N–H and O–H groups in total. The summed E-state index contributed by atoms with van der Waals surface area (Å²) in [6.45, 7) is 0. The van der Waals surface area contributed by atoms with Crippen molar-refractivity contribution in [3.05, 3.63) is 23.8 Å². The Balaban J connectivity index is 2.24. The van der Waals surface area contributed by atoms with E-state index in [1.807, 2.05) is 0 Å². The summed E-state index contributed by atoms with van der Waals surface area (Å²) in [6, 6.07) is 4.39. The predicted molar refractivity (Wildman–Crippen MR) is 68.4 cm³/mol. The second-order valence-electron chi connectivity index (χ2n) is 4.26. The summed E-state index contributed by atoms with van der Waals surface area (Å²) >= 11 is 0. The van der Waals surface area contributed by atoms with Crippen LogP contribution in [-0.2, 0) is 16.5 Å². The second kappa shape index (κ2) is 6.61. The molecule has 5 nitrogen and oxygen atoms in total. The van der Waals surface area contributed by atoms with Crippen LogP contribution in [0, 0.1) is 0 Å². The third kappa shape index (κ3) is 5.88. The van der Waals surface area contributed by atoms with Gasteiger partial charge < -0.3 is 10.2 Å². The van der Waals surface area contributed by atoms with Crippen LogP contribution in [0.3, 0.4) is 0 Å². The van der Waals surface area contributed by atoms with Crippen LogP contribution in [0.25, 0.3) is 0 Å². The number of aryl methyl sites for hydroxylation is 1. The first-order valence-corrected chi connectivity index (χ1v) is 7.45. The van der Waals surface area contributed by atoms with Crippen LogP contribution in [-0.4, -0.2) is 28.9 Å². The standard InChI is InChI=1S/C12H18O5S/c13-11-6-7-12(14)10(9-11)5-3-1-2-4-8-18(15,16)17/h6-7,9,13-14H,1-5,8H2,(H,15,16,17). The Morgan fingerprint density at radius 3 is 2.33 bits per heavy atom. The molecule has 6 heteroatoms. The van der Waals surface area contributed by atoms with Crippen molar-refractivity contribution in [3.8, 4) is 11.5 Å². The molecular weight excluding hydrogens is 256 g/mol. The fraction of sp³-hybridized carbons (Fsp3) is 0.500. The van der Waals surface area contributed by atoms with Crippen LogP contribution >= 0.6 is 0 Å². The first-order chi connectivity index (χ1) is 8.38. The molecule has 0 atom stereocenters. The molecule has 0 aliphatic rings. The number of unbranched alkanes of at least 4 members (excludes halogenated alkanes) is 3. The molecule has 1 aromatic carbocycles. The number of aromatic hydroxyl groups is 2. The van der Waals surface area contributed by atoms with E-state index in [0.29, 0.717) is 24.8 Å². The van der Waals surface area contributed by atoms with Crippen molar-refractivity contribution < 1.29 is 23.2 Å². The zero-order valence-corrected chi connectivity index (χ0v) is 10.9. The molecule has 1 aromatic rings. The van der Waals surface area contributed by atoms with E-state index in [4.69, 9.17) is 4.55 Å². The lowest BCUT2D eigenvalue weighted by molar-refractivity contribution is 0.452. The van der Waals surface area contributed by atoms with Gasteiger partial charge >= 0.3 is 0 Å². The highest BCUT2D eigenvalue weighted by Crippen LogP contribution is 2.23. The lowest BCUT2D eigenvalue weighted by Crippen LogP contribution is -2.03. The molecule has 0 aromatic heterocycles. The Morgan fingerprint density at radius 1 is 1.00 bits per heavy atom. The predicted octanol–water partition coefficient (Wildman–Crippen LogP) is 2.09. The average molecular weight is 274 g/mol. The maximum Gasteiger partial charge on any atom is 0.264 e. The first kappa shape index (κ1) is 14.8. The molecule has 0 unspecified atom stereocenters. The van der Waals surface area contributed by atoms with E-state index in [2.05, 4.69) is 0 Å². The van der Waals surface area contributed by atoms with E-state index in [-0.39, 0.29) is 17.3 Å². The fourth-order valence-electron chi connectivity index (χ4n) is 1.73. The first-order valence-electron chi connectivity index (χ1n) is 5.84. The van der Waals surface area contributed by atoms with Crippen molar-refractivity contribution >= 4 is 10.1 Å². The van der Waals surface area contributed by atoms with Crippen LogP contribution in [0.5, 0.6) is 11.5 Å². The molecule has 18 heavy (non-hydrogen) atoms. The van der Waals surface area contributed by atoms with Gasteiger partial charge in [-0.2, -0.15) is 8.42 Å². The molecule has 0 radical (unpaired) electrons. The highest BCUT2D eigenvalue weighted by Gasteiger charge is 2.04. The third-order valence-electron chi connectivity index (χ3n) is 2.66. The third-order valence-corrected chi connectivity index (χ3v) is 3.47. The molecule has 1 rings (SSSR count). The molecule has 0 heterocycles. The maximum atomic E-state index is 10.5. The van der Waals surface area contributed by atoms with E-state index in [1.54, 1.807) is 0 Å². The SMILES string of the molecule is O=S(=O)(O)CCCCCCc1cc(O)ccc1O. The topological polar surface area (TPSA) is 94.8 Å². The number of phenolic OH excluding ortho intramolecular Hbond substituents is 2.